The van der Waals surface area contributed by atoms with E-state index < -0.39 is 25.7 Å². The van der Waals surface area contributed by atoms with E-state index in [0.29, 0.717) is 55.2 Å². The molecule has 1 fully saturated rings. The highest BCUT2D eigenvalue weighted by molar-refractivity contribution is 6.76. The summed E-state index contributed by atoms with van der Waals surface area (Å²) in [7, 11) is 0.435. The second-order valence-electron chi connectivity index (χ2n) is 12.0. The molecular formula is C29H39ClFN3O5Si. The third-order valence-corrected chi connectivity index (χ3v) is 9.87. The summed E-state index contributed by atoms with van der Waals surface area (Å²) in [6.45, 7) is 10.5. The number of fused-ring (bicyclic) bond motifs is 1. The summed E-state index contributed by atoms with van der Waals surface area (Å²) in [5.41, 5.74) is 2.42. The summed E-state index contributed by atoms with van der Waals surface area (Å²) in [5, 5.41) is 9.96. The minimum absolute atomic E-state index is 0.131. The highest BCUT2D eigenvalue weighted by atomic mass is 35.5. The number of benzene rings is 2. The van der Waals surface area contributed by atoms with Gasteiger partial charge in [0.25, 0.3) is 0 Å². The van der Waals surface area contributed by atoms with Gasteiger partial charge in [0.15, 0.2) is 0 Å². The van der Waals surface area contributed by atoms with Crippen molar-refractivity contribution in [3.8, 4) is 0 Å². The number of aryl methyl sites for hydroxylation is 1. The average Bonchev–Trinajstić information content (AvgIpc) is 3.13. The lowest BCUT2D eigenvalue weighted by atomic mass is 9.73. The minimum atomic E-state index is -1.28. The van der Waals surface area contributed by atoms with E-state index in [1.165, 1.54) is 17.0 Å². The van der Waals surface area contributed by atoms with Crippen LogP contribution in [0.15, 0.2) is 41.2 Å². The summed E-state index contributed by atoms with van der Waals surface area (Å²) in [6.07, 6.45) is -0.295. The molecule has 4 rings (SSSR count). The highest BCUT2D eigenvalue weighted by Crippen LogP contribution is 2.38. The van der Waals surface area contributed by atoms with Crippen molar-refractivity contribution in [1.29, 1.82) is 0 Å². The molecule has 0 spiro atoms. The number of rotatable bonds is 10. The third kappa shape index (κ3) is 6.62. The minimum Gasteiger partial charge on any atom is -0.465 e. The Morgan fingerprint density at radius 1 is 1.18 bits per heavy atom. The smallest absolute Gasteiger partial charge is 0.407 e. The number of piperidine rings is 1. The predicted molar refractivity (Wildman–Crippen MR) is 158 cm³/mol. The summed E-state index contributed by atoms with van der Waals surface area (Å²) in [6, 6.07) is 11.0. The van der Waals surface area contributed by atoms with Crippen molar-refractivity contribution in [3.05, 3.63) is 68.8 Å². The second-order valence-corrected chi connectivity index (χ2v) is 18.0. The van der Waals surface area contributed by atoms with Gasteiger partial charge >= 0.3 is 11.8 Å². The molecule has 1 amide bonds. The van der Waals surface area contributed by atoms with Crippen molar-refractivity contribution >= 4 is 36.8 Å². The molecule has 1 aromatic heterocycles. The summed E-state index contributed by atoms with van der Waals surface area (Å²) >= 11 is 6.51. The number of halogens is 2. The lowest BCUT2D eigenvalue weighted by Gasteiger charge is -2.41. The molecule has 11 heteroatoms. The molecule has 1 aliphatic heterocycles. The van der Waals surface area contributed by atoms with Gasteiger partial charge in [-0.3, -0.25) is 9.13 Å². The molecule has 218 valence electrons. The SMILES string of the molecule is CC(OCC1(c2ccc(F)cc2)CCN(C(=O)O)CC1)c1cc(Cl)cc2c1n(COCC[Si](C)(C)C)c(=O)n2C. The molecule has 1 aliphatic rings. The number of hydrogen-bond donors (Lipinski definition) is 1. The maximum atomic E-state index is 13.7. The van der Waals surface area contributed by atoms with Crippen molar-refractivity contribution in [2.45, 2.75) is 63.7 Å². The number of hydrogen-bond acceptors (Lipinski definition) is 4. The van der Waals surface area contributed by atoms with Crippen LogP contribution in [0.1, 0.15) is 37.0 Å². The van der Waals surface area contributed by atoms with Crippen LogP contribution >= 0.6 is 11.6 Å². The number of amides is 1. The Labute approximate surface area is 240 Å². The Morgan fingerprint density at radius 2 is 1.82 bits per heavy atom. The number of imidazole rings is 1. The molecule has 0 bridgehead atoms. The van der Waals surface area contributed by atoms with Crippen LogP contribution in [0, 0.1) is 5.82 Å². The number of ether oxygens (including phenoxy) is 2. The average molecular weight is 592 g/mol. The topological polar surface area (TPSA) is 85.9 Å². The van der Waals surface area contributed by atoms with Crippen molar-refractivity contribution in [1.82, 2.24) is 14.0 Å². The lowest BCUT2D eigenvalue weighted by molar-refractivity contribution is 0.00533. The van der Waals surface area contributed by atoms with Crippen molar-refractivity contribution in [3.63, 3.8) is 0 Å². The molecular weight excluding hydrogens is 553 g/mol. The fourth-order valence-electron chi connectivity index (χ4n) is 5.32. The van der Waals surface area contributed by atoms with Gasteiger partial charge in [0.2, 0.25) is 0 Å². The molecule has 1 saturated heterocycles. The van der Waals surface area contributed by atoms with Gasteiger partial charge in [-0.05, 0) is 55.6 Å². The molecule has 8 nitrogen and oxygen atoms in total. The van der Waals surface area contributed by atoms with Crippen LogP contribution in [0.2, 0.25) is 30.7 Å². The first-order chi connectivity index (χ1) is 18.8. The summed E-state index contributed by atoms with van der Waals surface area (Å²) in [5.74, 6) is -0.327. The zero-order valence-electron chi connectivity index (χ0n) is 23.9. The summed E-state index contributed by atoms with van der Waals surface area (Å²) < 4.78 is 29.4. The van der Waals surface area contributed by atoms with E-state index in [2.05, 4.69) is 19.6 Å². The standard InChI is InChI=1S/C29H39ClFN3O5Si/c1-20(39-18-29(21-6-8-23(31)9-7-21)10-12-33(13-11-29)28(36)37)24-16-22(30)17-25-26(24)34(27(35)32(25)2)19-38-14-15-40(3,4)5/h6-9,16-17,20H,10-15,18-19H2,1-5H3,(H,36,37). The third-order valence-electron chi connectivity index (χ3n) is 7.95. The summed E-state index contributed by atoms with van der Waals surface area (Å²) in [4.78, 5) is 26.2. The van der Waals surface area contributed by atoms with Gasteiger partial charge in [0.05, 0.1) is 23.7 Å². The van der Waals surface area contributed by atoms with Crippen LogP contribution in [0.4, 0.5) is 9.18 Å². The monoisotopic (exact) mass is 591 g/mol. The zero-order valence-corrected chi connectivity index (χ0v) is 25.6. The van der Waals surface area contributed by atoms with Crippen molar-refractivity contribution < 1.29 is 23.8 Å². The van der Waals surface area contributed by atoms with Crippen LogP contribution in [0.25, 0.3) is 11.0 Å². The fourth-order valence-corrected chi connectivity index (χ4v) is 6.30. The van der Waals surface area contributed by atoms with Crippen LogP contribution in [0.5, 0.6) is 0 Å². The van der Waals surface area contributed by atoms with Gasteiger partial charge in [-0.1, -0.05) is 43.4 Å². The van der Waals surface area contributed by atoms with E-state index in [1.807, 2.05) is 13.0 Å². The van der Waals surface area contributed by atoms with Crippen LogP contribution in [0.3, 0.4) is 0 Å². The zero-order chi connectivity index (χ0) is 29.2. The van der Waals surface area contributed by atoms with Gasteiger partial charge in [0, 0.05) is 50.8 Å². The molecule has 0 aliphatic carbocycles. The molecule has 40 heavy (non-hydrogen) atoms. The Morgan fingerprint density at radius 3 is 2.42 bits per heavy atom. The van der Waals surface area contributed by atoms with E-state index in [0.717, 1.165) is 17.2 Å². The van der Waals surface area contributed by atoms with E-state index >= 15 is 0 Å². The molecule has 2 aromatic carbocycles. The fraction of sp³-hybridized carbons (Fsp3) is 0.517. The maximum Gasteiger partial charge on any atom is 0.407 e. The number of likely N-dealkylation sites (tertiary alicyclic amines) is 1. The Balaban J connectivity index is 1.62. The Hall–Kier alpha value is -2.66. The van der Waals surface area contributed by atoms with E-state index in [9.17, 15) is 19.1 Å². The van der Waals surface area contributed by atoms with E-state index in [4.69, 9.17) is 21.1 Å². The van der Waals surface area contributed by atoms with Gasteiger partial charge < -0.3 is 19.5 Å². The highest BCUT2D eigenvalue weighted by Gasteiger charge is 2.38. The maximum absolute atomic E-state index is 13.7. The van der Waals surface area contributed by atoms with Gasteiger partial charge in [0.1, 0.15) is 12.5 Å². The molecule has 0 saturated carbocycles. The molecule has 1 atom stereocenters. The first kappa shape index (κ1) is 30.3. The van der Waals surface area contributed by atoms with E-state index in [-0.39, 0.29) is 18.2 Å². The normalized spacial score (nSPS) is 16.4. The van der Waals surface area contributed by atoms with Crippen molar-refractivity contribution in [2.75, 3.05) is 26.3 Å². The number of carbonyl (C=O) groups is 1. The molecule has 1 N–H and O–H groups in total. The molecule has 2 heterocycles. The quantitative estimate of drug-likeness (QED) is 0.223. The van der Waals surface area contributed by atoms with Gasteiger partial charge in [-0.2, -0.15) is 0 Å². The predicted octanol–water partition coefficient (Wildman–Crippen LogP) is 6.23. The number of nitrogens with zero attached hydrogens (tertiary/aromatic N) is 3. The Kier molecular flexibility index (Phi) is 9.14. The first-order valence-electron chi connectivity index (χ1n) is 13.6. The molecule has 3 aromatic rings. The number of carboxylic acid groups (broad SMARTS) is 1. The molecule has 0 radical (unpaired) electrons. The van der Waals surface area contributed by atoms with Crippen LogP contribution in [-0.2, 0) is 28.7 Å². The van der Waals surface area contributed by atoms with Crippen LogP contribution < -0.4 is 5.69 Å². The van der Waals surface area contributed by atoms with Gasteiger partial charge in [-0.15, -0.1) is 0 Å². The van der Waals surface area contributed by atoms with Crippen molar-refractivity contribution in [2.24, 2.45) is 7.05 Å². The van der Waals surface area contributed by atoms with Gasteiger partial charge in [-0.25, -0.2) is 14.0 Å². The first-order valence-corrected chi connectivity index (χ1v) is 17.7. The van der Waals surface area contributed by atoms with E-state index in [1.54, 1.807) is 34.4 Å². The Bertz CT molecular complexity index is 1410. The number of aromatic nitrogens is 2. The lowest BCUT2D eigenvalue weighted by Crippen LogP contribution is -2.47. The molecule has 1 unspecified atom stereocenters. The second kappa shape index (κ2) is 12.1. The largest absolute Gasteiger partial charge is 0.465 e. The van der Waals surface area contributed by atoms with Crippen LogP contribution in [-0.4, -0.2) is 59.6 Å².